The number of rotatable bonds is 4. The van der Waals surface area contributed by atoms with E-state index in [1.54, 1.807) is 6.07 Å². The van der Waals surface area contributed by atoms with Crippen molar-refractivity contribution in [3.63, 3.8) is 0 Å². The molecule has 0 aromatic heterocycles. The van der Waals surface area contributed by atoms with E-state index >= 15 is 0 Å². The monoisotopic (exact) mass is 345 g/mol. The first-order chi connectivity index (χ1) is 12.0. The number of hydrogen-bond donors (Lipinski definition) is 2. The zero-order valence-corrected chi connectivity index (χ0v) is 13.7. The summed E-state index contributed by atoms with van der Waals surface area (Å²) in [5, 5.41) is 19.7. The standard InChI is InChI=1S/C19H20FNO4/c20-16-12-15(19(24)8-10-21(11-9-19)18(22)23)6-7-17(16)25-13-14-4-2-1-3-5-14/h1-7,12,24H,8-11,13H2,(H,22,23). The molecule has 3 rings (SSSR count). The van der Waals surface area contributed by atoms with Crippen molar-refractivity contribution in [2.24, 2.45) is 0 Å². The van der Waals surface area contributed by atoms with E-state index in [1.807, 2.05) is 30.3 Å². The molecule has 0 atom stereocenters. The van der Waals surface area contributed by atoms with Gasteiger partial charge in [-0.25, -0.2) is 9.18 Å². The first-order valence-corrected chi connectivity index (χ1v) is 8.15. The number of nitrogens with zero attached hydrogens (tertiary/aromatic N) is 1. The number of ether oxygens (including phenoxy) is 1. The van der Waals surface area contributed by atoms with Crippen molar-refractivity contribution in [2.45, 2.75) is 25.0 Å². The SMILES string of the molecule is O=C(O)N1CCC(O)(c2ccc(OCc3ccccc3)c(F)c2)CC1. The Morgan fingerprint density at radius 2 is 1.84 bits per heavy atom. The van der Waals surface area contributed by atoms with Crippen LogP contribution in [0, 0.1) is 5.82 Å². The predicted octanol–water partition coefficient (Wildman–Crippen LogP) is 3.37. The number of aliphatic hydroxyl groups is 1. The Labute approximate surface area is 145 Å². The smallest absolute Gasteiger partial charge is 0.407 e. The summed E-state index contributed by atoms with van der Waals surface area (Å²) in [4.78, 5) is 12.2. The first kappa shape index (κ1) is 17.2. The summed E-state index contributed by atoms with van der Waals surface area (Å²) < 4.78 is 19.8. The van der Waals surface area contributed by atoms with E-state index in [0.29, 0.717) is 5.56 Å². The average molecular weight is 345 g/mol. The number of likely N-dealkylation sites (tertiary alicyclic amines) is 1. The lowest BCUT2D eigenvalue weighted by molar-refractivity contribution is -0.0216. The lowest BCUT2D eigenvalue weighted by Gasteiger charge is -2.37. The largest absolute Gasteiger partial charge is 0.486 e. The molecule has 2 aromatic rings. The van der Waals surface area contributed by atoms with E-state index in [1.165, 1.54) is 17.0 Å². The summed E-state index contributed by atoms with van der Waals surface area (Å²) in [7, 11) is 0. The van der Waals surface area contributed by atoms with Gasteiger partial charge in [-0.15, -0.1) is 0 Å². The highest BCUT2D eigenvalue weighted by Gasteiger charge is 2.35. The highest BCUT2D eigenvalue weighted by Crippen LogP contribution is 2.34. The van der Waals surface area contributed by atoms with Gasteiger partial charge >= 0.3 is 6.09 Å². The Balaban J connectivity index is 1.68. The maximum atomic E-state index is 14.3. The fourth-order valence-electron chi connectivity index (χ4n) is 3.00. The summed E-state index contributed by atoms with van der Waals surface area (Å²) in [6.45, 7) is 0.703. The van der Waals surface area contributed by atoms with Crippen LogP contribution in [0.4, 0.5) is 9.18 Å². The molecule has 2 aromatic carbocycles. The van der Waals surface area contributed by atoms with Crippen LogP contribution in [0.1, 0.15) is 24.0 Å². The third kappa shape index (κ3) is 3.91. The normalized spacial score (nSPS) is 16.5. The van der Waals surface area contributed by atoms with Crippen LogP contribution in [0.2, 0.25) is 0 Å². The average Bonchev–Trinajstić information content (AvgIpc) is 2.62. The summed E-state index contributed by atoms with van der Waals surface area (Å²) in [6.07, 6.45) is -0.524. The molecule has 0 aliphatic carbocycles. The van der Waals surface area contributed by atoms with Gasteiger partial charge in [0.1, 0.15) is 6.61 Å². The van der Waals surface area contributed by atoms with Gasteiger partial charge in [0.05, 0.1) is 5.60 Å². The van der Waals surface area contributed by atoms with Gasteiger partial charge in [-0.3, -0.25) is 0 Å². The number of benzene rings is 2. The Kier molecular flexibility index (Phi) is 4.90. The lowest BCUT2D eigenvalue weighted by atomic mass is 9.84. The first-order valence-electron chi connectivity index (χ1n) is 8.15. The minimum Gasteiger partial charge on any atom is -0.486 e. The highest BCUT2D eigenvalue weighted by atomic mass is 19.1. The molecule has 1 fully saturated rings. The van der Waals surface area contributed by atoms with E-state index < -0.39 is 17.5 Å². The van der Waals surface area contributed by atoms with E-state index in [0.717, 1.165) is 5.56 Å². The number of halogens is 1. The number of carbonyl (C=O) groups is 1. The van der Waals surface area contributed by atoms with Crippen LogP contribution < -0.4 is 4.74 Å². The zero-order chi connectivity index (χ0) is 17.9. The van der Waals surface area contributed by atoms with Crippen molar-refractivity contribution >= 4 is 6.09 Å². The third-order valence-electron chi connectivity index (χ3n) is 4.57. The van der Waals surface area contributed by atoms with Crippen LogP contribution in [0.5, 0.6) is 5.75 Å². The Morgan fingerprint density at radius 3 is 2.44 bits per heavy atom. The molecule has 1 aliphatic rings. The lowest BCUT2D eigenvalue weighted by Crippen LogP contribution is -2.44. The van der Waals surface area contributed by atoms with Crippen molar-refractivity contribution < 1.29 is 24.1 Å². The van der Waals surface area contributed by atoms with Crippen molar-refractivity contribution in [3.8, 4) is 5.75 Å². The van der Waals surface area contributed by atoms with Crippen molar-refractivity contribution in [1.82, 2.24) is 4.90 Å². The molecule has 0 unspecified atom stereocenters. The van der Waals surface area contributed by atoms with Crippen LogP contribution in [-0.4, -0.2) is 34.3 Å². The van der Waals surface area contributed by atoms with Gasteiger partial charge in [-0.2, -0.15) is 0 Å². The molecule has 0 bridgehead atoms. The number of amides is 1. The van der Waals surface area contributed by atoms with Crippen molar-refractivity contribution in [2.75, 3.05) is 13.1 Å². The van der Waals surface area contributed by atoms with E-state index in [2.05, 4.69) is 0 Å². The summed E-state index contributed by atoms with van der Waals surface area (Å²) >= 11 is 0. The fourth-order valence-corrected chi connectivity index (χ4v) is 3.00. The van der Waals surface area contributed by atoms with E-state index in [9.17, 15) is 14.3 Å². The fraction of sp³-hybridized carbons (Fsp3) is 0.316. The molecule has 2 N–H and O–H groups in total. The minimum atomic E-state index is -1.22. The summed E-state index contributed by atoms with van der Waals surface area (Å²) in [5.41, 5.74) is 0.165. The second kappa shape index (κ2) is 7.11. The number of carboxylic acid groups (broad SMARTS) is 1. The second-order valence-corrected chi connectivity index (χ2v) is 6.22. The van der Waals surface area contributed by atoms with E-state index in [4.69, 9.17) is 9.84 Å². The van der Waals surface area contributed by atoms with Crippen LogP contribution in [0.15, 0.2) is 48.5 Å². The van der Waals surface area contributed by atoms with Gasteiger partial charge in [0.2, 0.25) is 0 Å². The Morgan fingerprint density at radius 1 is 1.16 bits per heavy atom. The topological polar surface area (TPSA) is 70.0 Å². The van der Waals surface area contributed by atoms with Gasteiger partial charge in [0, 0.05) is 13.1 Å². The maximum Gasteiger partial charge on any atom is 0.407 e. The molecular weight excluding hydrogens is 325 g/mol. The Hall–Kier alpha value is -2.60. The van der Waals surface area contributed by atoms with E-state index in [-0.39, 0.29) is 38.3 Å². The molecule has 5 nitrogen and oxygen atoms in total. The molecule has 0 saturated carbocycles. The van der Waals surface area contributed by atoms with Crippen LogP contribution in [0.25, 0.3) is 0 Å². The molecule has 132 valence electrons. The molecule has 25 heavy (non-hydrogen) atoms. The van der Waals surface area contributed by atoms with Crippen LogP contribution >= 0.6 is 0 Å². The zero-order valence-electron chi connectivity index (χ0n) is 13.7. The van der Waals surface area contributed by atoms with Gasteiger partial charge < -0.3 is 19.8 Å². The van der Waals surface area contributed by atoms with Gasteiger partial charge in [0.25, 0.3) is 0 Å². The molecular formula is C19H20FNO4. The van der Waals surface area contributed by atoms with Gasteiger partial charge in [-0.05, 0) is 36.1 Å². The quantitative estimate of drug-likeness (QED) is 0.891. The Bertz CT molecular complexity index is 742. The molecule has 0 spiro atoms. The van der Waals surface area contributed by atoms with Gasteiger partial charge in [-0.1, -0.05) is 36.4 Å². The molecule has 0 radical (unpaired) electrons. The van der Waals surface area contributed by atoms with Crippen LogP contribution in [-0.2, 0) is 12.2 Å². The maximum absolute atomic E-state index is 14.3. The van der Waals surface area contributed by atoms with Crippen molar-refractivity contribution in [3.05, 3.63) is 65.5 Å². The molecule has 1 heterocycles. The number of piperidine rings is 1. The molecule has 6 heteroatoms. The van der Waals surface area contributed by atoms with Gasteiger partial charge in [0.15, 0.2) is 11.6 Å². The van der Waals surface area contributed by atoms with Crippen molar-refractivity contribution in [1.29, 1.82) is 0 Å². The molecule has 1 saturated heterocycles. The predicted molar refractivity (Wildman–Crippen MR) is 89.9 cm³/mol. The number of hydrogen-bond acceptors (Lipinski definition) is 3. The third-order valence-corrected chi connectivity index (χ3v) is 4.57. The second-order valence-electron chi connectivity index (χ2n) is 6.22. The van der Waals surface area contributed by atoms with Crippen LogP contribution in [0.3, 0.4) is 0 Å². The molecule has 1 aliphatic heterocycles. The summed E-state index contributed by atoms with van der Waals surface area (Å²) in [6, 6.07) is 13.9. The molecule has 1 amide bonds. The summed E-state index contributed by atoms with van der Waals surface area (Å²) in [5.74, 6) is -0.415. The minimum absolute atomic E-state index is 0.124. The highest BCUT2D eigenvalue weighted by molar-refractivity contribution is 5.65.